The summed E-state index contributed by atoms with van der Waals surface area (Å²) in [7, 11) is 0. The van der Waals surface area contributed by atoms with Crippen molar-refractivity contribution < 1.29 is 14.3 Å². The minimum atomic E-state index is -0.104. The Kier molecular flexibility index (Phi) is 3.30. The normalized spacial score (nSPS) is 18.5. The Hall–Kier alpha value is -2.10. The summed E-state index contributed by atoms with van der Waals surface area (Å²) < 4.78 is 5.40. The molecule has 0 aromatic heterocycles. The highest BCUT2D eigenvalue weighted by molar-refractivity contribution is 6.22. The van der Waals surface area contributed by atoms with Gasteiger partial charge in [0, 0.05) is 29.8 Å². The molecule has 0 radical (unpaired) electrons. The number of hydrogen-bond donors (Lipinski definition) is 0. The summed E-state index contributed by atoms with van der Waals surface area (Å²) in [4.78, 5) is 25.8. The molecule has 0 saturated carbocycles. The van der Waals surface area contributed by atoms with Crippen LogP contribution in [0.3, 0.4) is 0 Å². The van der Waals surface area contributed by atoms with Crippen LogP contribution >= 0.6 is 0 Å². The SMILES string of the molecule is C=C1C(=O)COc2cc(C(=O)N3CCCCC3)ccc21. The molecule has 0 N–H and O–H groups in total. The molecule has 4 heteroatoms. The number of fused-ring (bicyclic) bond motifs is 1. The van der Waals surface area contributed by atoms with Crippen LogP contribution in [0.1, 0.15) is 35.2 Å². The van der Waals surface area contributed by atoms with Crippen LogP contribution in [0.4, 0.5) is 0 Å². The van der Waals surface area contributed by atoms with E-state index in [-0.39, 0.29) is 18.3 Å². The fourth-order valence-electron chi connectivity index (χ4n) is 2.68. The molecule has 4 nitrogen and oxygen atoms in total. The Balaban J connectivity index is 1.87. The maximum absolute atomic E-state index is 12.4. The fourth-order valence-corrected chi connectivity index (χ4v) is 2.68. The largest absolute Gasteiger partial charge is 0.485 e. The molecule has 20 heavy (non-hydrogen) atoms. The number of carbonyl (C=O) groups excluding carboxylic acids is 2. The second kappa shape index (κ2) is 5.12. The van der Waals surface area contributed by atoms with Crippen molar-refractivity contribution in [3.8, 4) is 5.75 Å². The van der Waals surface area contributed by atoms with Gasteiger partial charge in [-0.2, -0.15) is 0 Å². The molecule has 0 bridgehead atoms. The van der Waals surface area contributed by atoms with E-state index < -0.39 is 0 Å². The summed E-state index contributed by atoms with van der Waals surface area (Å²) in [5.74, 6) is 0.517. The van der Waals surface area contributed by atoms with Crippen molar-refractivity contribution >= 4 is 17.3 Å². The molecule has 2 heterocycles. The van der Waals surface area contributed by atoms with Crippen LogP contribution < -0.4 is 4.74 Å². The summed E-state index contributed by atoms with van der Waals surface area (Å²) in [5.41, 5.74) is 1.77. The van der Waals surface area contributed by atoms with Crippen molar-refractivity contribution in [1.29, 1.82) is 0 Å². The summed E-state index contributed by atoms with van der Waals surface area (Å²) in [5, 5.41) is 0. The molecule has 1 saturated heterocycles. The van der Waals surface area contributed by atoms with Crippen LogP contribution in [0.15, 0.2) is 24.8 Å². The summed E-state index contributed by atoms with van der Waals surface area (Å²) >= 11 is 0. The van der Waals surface area contributed by atoms with E-state index in [1.807, 2.05) is 4.90 Å². The number of ether oxygens (including phenoxy) is 1. The van der Waals surface area contributed by atoms with Gasteiger partial charge in [-0.3, -0.25) is 9.59 Å². The fraction of sp³-hybridized carbons (Fsp3) is 0.375. The molecule has 1 fully saturated rings. The molecular formula is C16H17NO3. The number of ketones is 1. The van der Waals surface area contributed by atoms with E-state index in [1.54, 1.807) is 18.2 Å². The van der Waals surface area contributed by atoms with Crippen LogP contribution in [0.5, 0.6) is 5.75 Å². The Labute approximate surface area is 118 Å². The number of benzene rings is 1. The standard InChI is InChI=1S/C16H17NO3/c1-11-13-6-5-12(9-15(13)20-10-14(11)18)16(19)17-7-3-2-4-8-17/h5-6,9H,1-4,7-8,10H2. The predicted octanol–water partition coefficient (Wildman–Crippen LogP) is 2.29. The van der Waals surface area contributed by atoms with E-state index in [4.69, 9.17) is 4.74 Å². The number of amides is 1. The molecule has 1 amide bonds. The third-order valence-corrected chi connectivity index (χ3v) is 3.89. The number of piperidine rings is 1. The van der Waals surface area contributed by atoms with Crippen molar-refractivity contribution in [2.75, 3.05) is 19.7 Å². The van der Waals surface area contributed by atoms with Crippen molar-refractivity contribution in [3.05, 3.63) is 35.9 Å². The first kappa shape index (κ1) is 12.9. The first-order valence-corrected chi connectivity index (χ1v) is 6.95. The van der Waals surface area contributed by atoms with Crippen molar-refractivity contribution in [3.63, 3.8) is 0 Å². The van der Waals surface area contributed by atoms with Crippen LogP contribution in [0, 0.1) is 0 Å². The number of nitrogens with zero attached hydrogens (tertiary/aromatic N) is 1. The average Bonchev–Trinajstić information content (AvgIpc) is 2.51. The Morgan fingerprint density at radius 2 is 1.95 bits per heavy atom. The number of carbonyl (C=O) groups is 2. The van der Waals surface area contributed by atoms with Gasteiger partial charge < -0.3 is 9.64 Å². The number of Topliss-reactive ketones (excluding diaryl/α,β-unsaturated/α-hetero) is 1. The van der Waals surface area contributed by atoms with E-state index in [1.165, 1.54) is 6.42 Å². The maximum atomic E-state index is 12.4. The second-order valence-corrected chi connectivity index (χ2v) is 5.25. The highest BCUT2D eigenvalue weighted by Gasteiger charge is 2.24. The van der Waals surface area contributed by atoms with Crippen LogP contribution in [0.2, 0.25) is 0 Å². The summed E-state index contributed by atoms with van der Waals surface area (Å²) in [6.45, 7) is 5.43. The molecule has 3 rings (SSSR count). The molecule has 2 aliphatic rings. The van der Waals surface area contributed by atoms with Gasteiger partial charge in [0.1, 0.15) is 5.75 Å². The van der Waals surface area contributed by atoms with E-state index in [2.05, 4.69) is 6.58 Å². The third-order valence-electron chi connectivity index (χ3n) is 3.89. The van der Waals surface area contributed by atoms with Gasteiger partial charge in [0.05, 0.1) is 0 Å². The van der Waals surface area contributed by atoms with Gasteiger partial charge in [-0.05, 0) is 37.5 Å². The monoisotopic (exact) mass is 271 g/mol. The number of likely N-dealkylation sites (tertiary alicyclic amines) is 1. The number of hydrogen-bond acceptors (Lipinski definition) is 3. The highest BCUT2D eigenvalue weighted by atomic mass is 16.5. The zero-order chi connectivity index (χ0) is 14.1. The zero-order valence-electron chi connectivity index (χ0n) is 11.4. The topological polar surface area (TPSA) is 46.6 Å². The molecule has 2 aliphatic heterocycles. The molecular weight excluding hydrogens is 254 g/mol. The maximum Gasteiger partial charge on any atom is 0.253 e. The van der Waals surface area contributed by atoms with E-state index in [9.17, 15) is 9.59 Å². The summed E-state index contributed by atoms with van der Waals surface area (Å²) in [6.07, 6.45) is 3.33. The van der Waals surface area contributed by atoms with E-state index in [0.29, 0.717) is 22.4 Å². The third kappa shape index (κ3) is 2.22. The molecule has 1 aromatic carbocycles. The summed E-state index contributed by atoms with van der Waals surface area (Å²) in [6, 6.07) is 5.23. The minimum absolute atomic E-state index is 0.00713. The first-order chi connectivity index (χ1) is 9.66. The lowest BCUT2D eigenvalue weighted by atomic mass is 9.98. The lowest BCUT2D eigenvalue weighted by molar-refractivity contribution is -0.116. The van der Waals surface area contributed by atoms with Crippen LogP contribution in [0.25, 0.3) is 5.57 Å². The van der Waals surface area contributed by atoms with Gasteiger partial charge in [-0.15, -0.1) is 0 Å². The van der Waals surface area contributed by atoms with E-state index >= 15 is 0 Å². The van der Waals surface area contributed by atoms with Gasteiger partial charge in [0.15, 0.2) is 12.4 Å². The van der Waals surface area contributed by atoms with Crippen molar-refractivity contribution in [2.45, 2.75) is 19.3 Å². The van der Waals surface area contributed by atoms with Gasteiger partial charge in [0.25, 0.3) is 5.91 Å². The van der Waals surface area contributed by atoms with Crippen LogP contribution in [-0.4, -0.2) is 36.3 Å². The van der Waals surface area contributed by atoms with Crippen molar-refractivity contribution in [1.82, 2.24) is 4.90 Å². The molecule has 1 aromatic rings. The van der Waals surface area contributed by atoms with E-state index in [0.717, 1.165) is 25.9 Å². The first-order valence-electron chi connectivity index (χ1n) is 6.95. The molecule has 0 aliphatic carbocycles. The lowest BCUT2D eigenvalue weighted by Gasteiger charge is -2.27. The minimum Gasteiger partial charge on any atom is -0.485 e. The highest BCUT2D eigenvalue weighted by Crippen LogP contribution is 2.31. The second-order valence-electron chi connectivity index (χ2n) is 5.25. The zero-order valence-corrected chi connectivity index (χ0v) is 11.4. The van der Waals surface area contributed by atoms with Gasteiger partial charge in [-0.1, -0.05) is 6.58 Å². The van der Waals surface area contributed by atoms with Crippen LogP contribution in [-0.2, 0) is 4.79 Å². The Bertz CT molecular complexity index is 585. The van der Waals surface area contributed by atoms with Crippen molar-refractivity contribution in [2.24, 2.45) is 0 Å². The lowest BCUT2D eigenvalue weighted by Crippen LogP contribution is -2.35. The molecule has 0 spiro atoms. The van der Waals surface area contributed by atoms with Gasteiger partial charge >= 0.3 is 0 Å². The predicted molar refractivity (Wildman–Crippen MR) is 75.7 cm³/mol. The average molecular weight is 271 g/mol. The number of rotatable bonds is 1. The quantitative estimate of drug-likeness (QED) is 0.736. The Morgan fingerprint density at radius 3 is 2.70 bits per heavy atom. The van der Waals surface area contributed by atoms with Gasteiger partial charge in [-0.25, -0.2) is 0 Å². The molecule has 0 unspecified atom stereocenters. The molecule has 104 valence electrons. The van der Waals surface area contributed by atoms with Gasteiger partial charge in [0.2, 0.25) is 0 Å². The Morgan fingerprint density at radius 1 is 1.20 bits per heavy atom. The smallest absolute Gasteiger partial charge is 0.253 e. The molecule has 0 atom stereocenters.